The molecule has 0 radical (unpaired) electrons. The van der Waals surface area contributed by atoms with Gasteiger partial charge in [0.25, 0.3) is 0 Å². The summed E-state index contributed by atoms with van der Waals surface area (Å²) < 4.78 is 11.2. The van der Waals surface area contributed by atoms with Gasteiger partial charge in [0, 0.05) is 10.0 Å². The lowest BCUT2D eigenvalue weighted by Crippen LogP contribution is -2.05. The van der Waals surface area contributed by atoms with Crippen LogP contribution in [0.15, 0.2) is 40.9 Å². The summed E-state index contributed by atoms with van der Waals surface area (Å²) in [5, 5.41) is 0. The van der Waals surface area contributed by atoms with Crippen molar-refractivity contribution in [1.29, 1.82) is 0 Å². The van der Waals surface area contributed by atoms with Crippen LogP contribution < -0.4 is 9.47 Å². The molecule has 0 heterocycles. The van der Waals surface area contributed by atoms with Crippen molar-refractivity contribution in [3.63, 3.8) is 0 Å². The van der Waals surface area contributed by atoms with E-state index in [4.69, 9.17) is 9.47 Å². The fourth-order valence-corrected chi connectivity index (χ4v) is 2.38. The summed E-state index contributed by atoms with van der Waals surface area (Å²) in [5.41, 5.74) is 2.12. The number of rotatable bonds is 4. The molecule has 20 heavy (non-hydrogen) atoms. The van der Waals surface area contributed by atoms with Gasteiger partial charge >= 0.3 is 0 Å². The van der Waals surface area contributed by atoms with E-state index in [-0.39, 0.29) is 5.78 Å². The monoisotopic (exact) mass is 334 g/mol. The molecule has 0 saturated carbocycles. The van der Waals surface area contributed by atoms with Crippen molar-refractivity contribution in [2.24, 2.45) is 0 Å². The molecule has 2 aromatic rings. The number of benzene rings is 2. The Morgan fingerprint density at radius 2 is 1.75 bits per heavy atom. The lowest BCUT2D eigenvalue weighted by Gasteiger charge is -2.11. The van der Waals surface area contributed by atoms with Gasteiger partial charge in [-0.05, 0) is 37.3 Å². The largest absolute Gasteiger partial charge is 0.497 e. The average molecular weight is 335 g/mol. The van der Waals surface area contributed by atoms with Crippen molar-refractivity contribution in [3.8, 4) is 11.5 Å². The molecule has 0 unspecified atom stereocenters. The molecule has 0 aliphatic carbocycles. The van der Waals surface area contributed by atoms with Gasteiger partial charge < -0.3 is 9.47 Å². The van der Waals surface area contributed by atoms with Crippen LogP contribution in [0.2, 0.25) is 0 Å². The highest BCUT2D eigenvalue weighted by molar-refractivity contribution is 9.10. The van der Waals surface area contributed by atoms with E-state index in [0.717, 1.165) is 10.0 Å². The zero-order chi connectivity index (χ0) is 14.7. The molecule has 0 atom stereocenters. The minimum atomic E-state index is -0.101. The predicted molar refractivity (Wildman–Crippen MR) is 81.9 cm³/mol. The maximum atomic E-state index is 12.7. The molecule has 0 N–H and O–H groups in total. The molecule has 2 rings (SSSR count). The summed E-state index contributed by atoms with van der Waals surface area (Å²) >= 11 is 3.42. The van der Waals surface area contributed by atoms with Crippen LogP contribution in [0.4, 0.5) is 0 Å². The van der Waals surface area contributed by atoms with Gasteiger partial charge in [0.15, 0.2) is 5.78 Å². The molecule has 0 spiro atoms. The molecule has 104 valence electrons. The maximum Gasteiger partial charge on any atom is 0.198 e. The third-order valence-electron chi connectivity index (χ3n) is 3.02. The topological polar surface area (TPSA) is 35.5 Å². The van der Waals surface area contributed by atoms with Crippen molar-refractivity contribution in [2.75, 3.05) is 14.2 Å². The van der Waals surface area contributed by atoms with Crippen LogP contribution in [0.5, 0.6) is 11.5 Å². The molecular weight excluding hydrogens is 320 g/mol. The minimum absolute atomic E-state index is 0.101. The first-order valence-electron chi connectivity index (χ1n) is 6.09. The van der Waals surface area contributed by atoms with Crippen LogP contribution in [0.3, 0.4) is 0 Å². The smallest absolute Gasteiger partial charge is 0.198 e. The van der Waals surface area contributed by atoms with Crippen LogP contribution >= 0.6 is 15.9 Å². The van der Waals surface area contributed by atoms with Crippen molar-refractivity contribution in [2.45, 2.75) is 6.92 Å². The third kappa shape index (κ3) is 2.85. The van der Waals surface area contributed by atoms with Gasteiger partial charge in [-0.2, -0.15) is 0 Å². The second kappa shape index (κ2) is 6.09. The van der Waals surface area contributed by atoms with E-state index in [1.807, 2.05) is 25.1 Å². The van der Waals surface area contributed by atoms with Gasteiger partial charge in [-0.3, -0.25) is 4.79 Å². The molecule has 0 bridgehead atoms. The van der Waals surface area contributed by atoms with Crippen LogP contribution in [0, 0.1) is 6.92 Å². The first-order chi connectivity index (χ1) is 9.56. The van der Waals surface area contributed by atoms with E-state index < -0.39 is 0 Å². The van der Waals surface area contributed by atoms with Crippen molar-refractivity contribution >= 4 is 21.7 Å². The summed E-state index contributed by atoms with van der Waals surface area (Å²) in [6, 6.07) is 10.9. The van der Waals surface area contributed by atoms with Gasteiger partial charge in [-0.1, -0.05) is 27.6 Å². The summed E-state index contributed by atoms with van der Waals surface area (Å²) in [7, 11) is 3.11. The minimum Gasteiger partial charge on any atom is -0.497 e. The molecule has 0 amide bonds. The van der Waals surface area contributed by atoms with Crippen molar-refractivity contribution in [3.05, 3.63) is 57.6 Å². The highest BCUT2D eigenvalue weighted by Gasteiger charge is 2.18. The van der Waals surface area contributed by atoms with Gasteiger partial charge in [0.2, 0.25) is 0 Å². The van der Waals surface area contributed by atoms with Crippen LogP contribution in [0.1, 0.15) is 21.5 Å². The second-order valence-corrected chi connectivity index (χ2v) is 5.23. The number of methoxy groups -OCH3 is 2. The fourth-order valence-electron chi connectivity index (χ4n) is 1.95. The Balaban J connectivity index is 2.54. The number of carbonyl (C=O) groups is 1. The maximum absolute atomic E-state index is 12.7. The zero-order valence-electron chi connectivity index (χ0n) is 11.6. The van der Waals surface area contributed by atoms with E-state index in [1.54, 1.807) is 32.4 Å². The van der Waals surface area contributed by atoms with Crippen LogP contribution in [-0.2, 0) is 0 Å². The van der Waals surface area contributed by atoms with E-state index in [0.29, 0.717) is 22.6 Å². The molecule has 0 saturated heterocycles. The molecule has 0 aliphatic rings. The first kappa shape index (κ1) is 14.6. The second-order valence-electron chi connectivity index (χ2n) is 4.38. The molecule has 0 aliphatic heterocycles. The lowest BCUT2D eigenvalue weighted by molar-refractivity contribution is 0.103. The average Bonchev–Trinajstić information content (AvgIpc) is 2.48. The van der Waals surface area contributed by atoms with Crippen LogP contribution in [-0.4, -0.2) is 20.0 Å². The lowest BCUT2D eigenvalue weighted by atomic mass is 10.0. The Morgan fingerprint density at radius 1 is 1.00 bits per heavy atom. The van der Waals surface area contributed by atoms with Gasteiger partial charge in [-0.25, -0.2) is 0 Å². The van der Waals surface area contributed by atoms with Crippen molar-refractivity contribution in [1.82, 2.24) is 0 Å². The Labute approximate surface area is 126 Å². The number of hydrogen-bond acceptors (Lipinski definition) is 3. The van der Waals surface area contributed by atoms with E-state index in [1.165, 1.54) is 0 Å². The number of ether oxygens (including phenoxy) is 2. The highest BCUT2D eigenvalue weighted by Crippen LogP contribution is 2.29. The summed E-state index contributed by atoms with van der Waals surface area (Å²) in [5.74, 6) is 1.05. The zero-order valence-corrected chi connectivity index (χ0v) is 13.2. The van der Waals surface area contributed by atoms with E-state index in [2.05, 4.69) is 15.9 Å². The normalized spacial score (nSPS) is 10.2. The molecule has 0 aromatic heterocycles. The number of aryl methyl sites for hydroxylation is 1. The van der Waals surface area contributed by atoms with Crippen molar-refractivity contribution < 1.29 is 14.3 Å². The molecule has 2 aromatic carbocycles. The number of halogens is 1. The summed E-state index contributed by atoms with van der Waals surface area (Å²) in [4.78, 5) is 12.7. The van der Waals surface area contributed by atoms with Gasteiger partial charge in [0.05, 0.1) is 19.8 Å². The summed E-state index contributed by atoms with van der Waals surface area (Å²) in [6.07, 6.45) is 0. The number of ketones is 1. The molecule has 4 heteroatoms. The Bertz CT molecular complexity index is 650. The molecule has 0 fully saturated rings. The molecular formula is C16H15BrO3. The van der Waals surface area contributed by atoms with Gasteiger partial charge in [-0.15, -0.1) is 0 Å². The van der Waals surface area contributed by atoms with Gasteiger partial charge in [0.1, 0.15) is 11.5 Å². The summed E-state index contributed by atoms with van der Waals surface area (Å²) in [6.45, 7) is 1.95. The molecule has 3 nitrogen and oxygen atoms in total. The van der Waals surface area contributed by atoms with Crippen LogP contribution in [0.25, 0.3) is 0 Å². The van der Waals surface area contributed by atoms with E-state index >= 15 is 0 Å². The fraction of sp³-hybridized carbons (Fsp3) is 0.188. The predicted octanol–water partition coefficient (Wildman–Crippen LogP) is 4.01. The quantitative estimate of drug-likeness (QED) is 0.792. The number of carbonyl (C=O) groups excluding carboxylic acids is 1. The standard InChI is InChI=1S/C16H15BrO3/c1-10-4-6-14(17)12(8-10)16(18)13-9-11(19-2)5-7-15(13)20-3/h4-9H,1-3H3. The Kier molecular flexibility index (Phi) is 4.45. The number of hydrogen-bond donors (Lipinski definition) is 0. The first-order valence-corrected chi connectivity index (χ1v) is 6.89. The SMILES string of the molecule is COc1ccc(OC)c(C(=O)c2cc(C)ccc2Br)c1. The highest BCUT2D eigenvalue weighted by atomic mass is 79.9. The Morgan fingerprint density at radius 3 is 2.40 bits per heavy atom. The third-order valence-corrected chi connectivity index (χ3v) is 3.71. The van der Waals surface area contributed by atoms with E-state index in [9.17, 15) is 4.79 Å². The Hall–Kier alpha value is -1.81.